The molecular formula is C25H21Cl2F2N3O5. The van der Waals surface area contributed by atoms with E-state index in [0.717, 1.165) is 0 Å². The zero-order chi connectivity index (χ0) is 26.6. The van der Waals surface area contributed by atoms with Crippen LogP contribution in [0, 0.1) is 0 Å². The molecule has 0 fully saturated rings. The van der Waals surface area contributed by atoms with Gasteiger partial charge in [-0.1, -0.05) is 28.4 Å². The maximum atomic E-state index is 12.8. The number of hydrogen-bond donors (Lipinski definition) is 1. The molecule has 2 aromatic carbocycles. The molecular weight excluding hydrogens is 531 g/mol. The van der Waals surface area contributed by atoms with Crippen molar-refractivity contribution in [2.75, 3.05) is 19.0 Å². The lowest BCUT2D eigenvalue weighted by molar-refractivity contribution is -0.0498. The van der Waals surface area contributed by atoms with Crippen LogP contribution in [-0.2, 0) is 4.84 Å². The number of nitrogens with zero attached hydrogens (tertiary/aromatic N) is 2. The maximum absolute atomic E-state index is 12.8. The molecule has 1 unspecified atom stereocenters. The van der Waals surface area contributed by atoms with Crippen LogP contribution in [0.15, 0.2) is 60.0 Å². The number of hydrogen-bond acceptors (Lipinski definition) is 7. The van der Waals surface area contributed by atoms with Gasteiger partial charge in [0, 0.05) is 24.4 Å². The van der Waals surface area contributed by atoms with E-state index in [-0.39, 0.29) is 33.7 Å². The zero-order valence-electron chi connectivity index (χ0n) is 19.6. The summed E-state index contributed by atoms with van der Waals surface area (Å²) in [6.45, 7) is -1.00. The predicted molar refractivity (Wildman–Crippen MR) is 134 cm³/mol. The van der Waals surface area contributed by atoms with Gasteiger partial charge in [0.1, 0.15) is 12.4 Å². The molecule has 0 bridgehead atoms. The summed E-state index contributed by atoms with van der Waals surface area (Å²) in [6.07, 6.45) is 3.13. The first-order chi connectivity index (χ1) is 17.7. The number of anilines is 1. The predicted octanol–water partition coefficient (Wildman–Crippen LogP) is 6.21. The second-order valence-corrected chi connectivity index (χ2v) is 9.06. The number of rotatable bonds is 9. The fraction of sp³-hybridized carbons (Fsp3) is 0.240. The average molecular weight is 552 g/mol. The highest BCUT2D eigenvalue weighted by atomic mass is 35.5. The van der Waals surface area contributed by atoms with Crippen LogP contribution in [0.3, 0.4) is 0 Å². The quantitative estimate of drug-likeness (QED) is 0.339. The van der Waals surface area contributed by atoms with Crippen LogP contribution in [0.4, 0.5) is 14.5 Å². The van der Waals surface area contributed by atoms with Crippen molar-refractivity contribution in [2.45, 2.75) is 25.6 Å². The highest BCUT2D eigenvalue weighted by molar-refractivity contribution is 6.39. The van der Waals surface area contributed by atoms with Gasteiger partial charge in [-0.3, -0.25) is 9.78 Å². The van der Waals surface area contributed by atoms with Crippen LogP contribution in [0.25, 0.3) is 0 Å². The number of carbonyl (C=O) groups is 1. The molecule has 3 aromatic rings. The number of amides is 1. The van der Waals surface area contributed by atoms with Gasteiger partial charge in [-0.2, -0.15) is 8.78 Å². The molecule has 0 radical (unpaired) electrons. The van der Waals surface area contributed by atoms with Gasteiger partial charge < -0.3 is 24.4 Å². The van der Waals surface area contributed by atoms with Crippen LogP contribution in [0.5, 0.6) is 17.2 Å². The minimum absolute atomic E-state index is 0.0499. The third-order valence-electron chi connectivity index (χ3n) is 5.38. The van der Waals surface area contributed by atoms with Crippen molar-refractivity contribution >= 4 is 40.5 Å². The highest BCUT2D eigenvalue weighted by Gasteiger charge is 2.36. The Kier molecular flexibility index (Phi) is 7.99. The molecule has 1 aliphatic heterocycles. The molecule has 4 rings (SSSR count). The molecule has 2 heterocycles. The third kappa shape index (κ3) is 6.39. The average Bonchev–Trinajstić information content (AvgIpc) is 3.27. The van der Waals surface area contributed by atoms with E-state index >= 15 is 0 Å². The highest BCUT2D eigenvalue weighted by Crippen LogP contribution is 2.34. The molecule has 37 heavy (non-hydrogen) atoms. The molecule has 1 aliphatic rings. The van der Waals surface area contributed by atoms with Gasteiger partial charge in [-0.15, -0.1) is 0 Å². The van der Waals surface area contributed by atoms with Gasteiger partial charge in [-0.25, -0.2) is 0 Å². The Hall–Kier alpha value is -3.63. The molecule has 1 atom stereocenters. The first kappa shape index (κ1) is 26.4. The number of halogens is 4. The fourth-order valence-electron chi connectivity index (χ4n) is 3.52. The fourth-order valence-corrected chi connectivity index (χ4v) is 3.98. The van der Waals surface area contributed by atoms with Crippen LogP contribution >= 0.6 is 23.2 Å². The molecule has 12 heteroatoms. The number of nitrogens with one attached hydrogen (secondary N) is 1. The van der Waals surface area contributed by atoms with Crippen molar-refractivity contribution in [3.63, 3.8) is 0 Å². The Labute approximate surface area is 221 Å². The molecule has 1 amide bonds. The lowest BCUT2D eigenvalue weighted by Gasteiger charge is -2.22. The largest absolute Gasteiger partial charge is 0.493 e. The number of benzene rings is 2. The van der Waals surface area contributed by atoms with Gasteiger partial charge in [0.05, 0.1) is 28.6 Å². The molecule has 0 spiro atoms. The van der Waals surface area contributed by atoms with Crippen LogP contribution in [-0.4, -0.2) is 42.5 Å². The number of pyridine rings is 1. The Morgan fingerprint density at radius 2 is 1.84 bits per heavy atom. The van der Waals surface area contributed by atoms with Crippen LogP contribution in [0.2, 0.25) is 10.0 Å². The van der Waals surface area contributed by atoms with Crippen molar-refractivity contribution in [1.82, 2.24) is 4.98 Å². The standard InChI is InChI=1S/C25H21Cl2F2N3O5/c1-25(10-19(32-37-25)14-3-6-16(7-4-14)36-24(28)29)13-35-21-9-15(5-8-20(21)34-2)23(33)31-22-17(26)11-30-12-18(22)27/h3-9,11-12,24H,10,13H2,1-2H3,(H,30,31,33). The van der Waals surface area contributed by atoms with Crippen molar-refractivity contribution in [1.29, 1.82) is 0 Å². The van der Waals surface area contributed by atoms with E-state index in [1.54, 1.807) is 24.3 Å². The van der Waals surface area contributed by atoms with E-state index in [1.165, 1.54) is 37.7 Å². The van der Waals surface area contributed by atoms with Crippen molar-refractivity contribution in [3.05, 3.63) is 76.0 Å². The molecule has 0 saturated carbocycles. The molecule has 1 aromatic heterocycles. The van der Waals surface area contributed by atoms with E-state index in [2.05, 4.69) is 20.2 Å². The first-order valence-electron chi connectivity index (χ1n) is 10.9. The normalized spacial score (nSPS) is 16.7. The van der Waals surface area contributed by atoms with Gasteiger partial charge >= 0.3 is 6.61 Å². The number of ether oxygens (including phenoxy) is 3. The molecule has 0 saturated heterocycles. The van der Waals surface area contributed by atoms with E-state index in [1.807, 2.05) is 6.92 Å². The summed E-state index contributed by atoms with van der Waals surface area (Å²) in [5.41, 5.74) is 1.03. The van der Waals surface area contributed by atoms with Crippen LogP contribution in [0.1, 0.15) is 29.3 Å². The van der Waals surface area contributed by atoms with E-state index in [0.29, 0.717) is 29.2 Å². The Bertz CT molecular complexity index is 1300. The van der Waals surface area contributed by atoms with Gasteiger partial charge in [0.25, 0.3) is 5.91 Å². The summed E-state index contributed by atoms with van der Waals surface area (Å²) >= 11 is 12.2. The summed E-state index contributed by atoms with van der Waals surface area (Å²) in [6, 6.07) is 10.8. The van der Waals surface area contributed by atoms with Crippen LogP contribution < -0.4 is 19.5 Å². The Morgan fingerprint density at radius 3 is 2.49 bits per heavy atom. The summed E-state index contributed by atoms with van der Waals surface area (Å²) in [7, 11) is 1.48. The summed E-state index contributed by atoms with van der Waals surface area (Å²) in [4.78, 5) is 22.3. The summed E-state index contributed by atoms with van der Waals surface area (Å²) in [5, 5.41) is 7.20. The molecule has 8 nitrogen and oxygen atoms in total. The topological polar surface area (TPSA) is 91.3 Å². The maximum Gasteiger partial charge on any atom is 0.387 e. The lowest BCUT2D eigenvalue weighted by Crippen LogP contribution is -2.33. The number of oxime groups is 1. The lowest BCUT2D eigenvalue weighted by atomic mass is 9.96. The van der Waals surface area contributed by atoms with E-state index in [4.69, 9.17) is 37.5 Å². The minimum atomic E-state index is -2.90. The first-order valence-corrected chi connectivity index (χ1v) is 11.6. The van der Waals surface area contributed by atoms with Crippen molar-refractivity contribution in [2.24, 2.45) is 5.16 Å². The SMILES string of the molecule is COc1ccc(C(=O)Nc2c(Cl)cncc2Cl)cc1OCC1(C)CC(c2ccc(OC(F)F)cc2)=NO1. The Balaban J connectivity index is 1.43. The van der Waals surface area contributed by atoms with Gasteiger partial charge in [0.2, 0.25) is 0 Å². The van der Waals surface area contributed by atoms with E-state index in [9.17, 15) is 13.6 Å². The minimum Gasteiger partial charge on any atom is -0.493 e. The second-order valence-electron chi connectivity index (χ2n) is 8.25. The zero-order valence-corrected chi connectivity index (χ0v) is 21.1. The second kappa shape index (κ2) is 11.2. The van der Waals surface area contributed by atoms with Gasteiger partial charge in [-0.05, 0) is 55.0 Å². The number of methoxy groups -OCH3 is 1. The summed E-state index contributed by atoms with van der Waals surface area (Å²) < 4.78 is 40.5. The molecule has 0 aliphatic carbocycles. The smallest absolute Gasteiger partial charge is 0.387 e. The number of carbonyl (C=O) groups excluding carboxylic acids is 1. The third-order valence-corrected chi connectivity index (χ3v) is 5.95. The van der Waals surface area contributed by atoms with E-state index < -0.39 is 18.1 Å². The molecule has 1 N–H and O–H groups in total. The number of aromatic nitrogens is 1. The van der Waals surface area contributed by atoms with Crippen molar-refractivity contribution in [3.8, 4) is 17.2 Å². The Morgan fingerprint density at radius 1 is 1.14 bits per heavy atom. The van der Waals surface area contributed by atoms with Crippen molar-refractivity contribution < 1.29 is 32.6 Å². The number of alkyl halides is 2. The summed E-state index contributed by atoms with van der Waals surface area (Å²) in [5.74, 6) is 0.312. The molecule has 194 valence electrons. The monoisotopic (exact) mass is 551 g/mol. The van der Waals surface area contributed by atoms with Gasteiger partial charge in [0.15, 0.2) is 17.1 Å².